The van der Waals surface area contributed by atoms with E-state index in [4.69, 9.17) is 0 Å². The van der Waals surface area contributed by atoms with Crippen molar-refractivity contribution in [3.63, 3.8) is 0 Å². The molecule has 1 unspecified atom stereocenters. The predicted molar refractivity (Wildman–Crippen MR) is 74.9 cm³/mol. The molecule has 0 saturated carbocycles. The van der Waals surface area contributed by atoms with Crippen LogP contribution in [0, 0.1) is 5.82 Å². The fourth-order valence-electron chi connectivity index (χ4n) is 2.14. The molecule has 0 aromatic heterocycles. The normalized spacial score (nSPS) is 19.8. The van der Waals surface area contributed by atoms with Crippen molar-refractivity contribution in [1.29, 1.82) is 0 Å². The third-order valence-electron chi connectivity index (χ3n) is 3.13. The van der Waals surface area contributed by atoms with Crippen LogP contribution in [0.3, 0.4) is 0 Å². The van der Waals surface area contributed by atoms with E-state index in [1.807, 2.05) is 0 Å². The first-order chi connectivity index (χ1) is 8.99. The smallest absolute Gasteiger partial charge is 0.241 e. The van der Waals surface area contributed by atoms with Gasteiger partial charge in [0.15, 0.2) is 0 Å². The van der Waals surface area contributed by atoms with E-state index >= 15 is 0 Å². The summed E-state index contributed by atoms with van der Waals surface area (Å²) in [6.45, 7) is 1.38. The van der Waals surface area contributed by atoms with E-state index in [0.29, 0.717) is 12.6 Å². The zero-order valence-corrected chi connectivity index (χ0v) is 12.7. The molecule has 1 heterocycles. The van der Waals surface area contributed by atoms with Crippen molar-refractivity contribution in [1.82, 2.24) is 10.0 Å². The summed E-state index contributed by atoms with van der Waals surface area (Å²) in [6, 6.07) is 3.93. The van der Waals surface area contributed by atoms with Gasteiger partial charge in [-0.3, -0.25) is 0 Å². The standard InChI is InChI=1S/C12H16BrFN2O2S/c13-11-8-9(14)3-4-12(11)19(17,18)16-7-5-10-2-1-6-15-10/h3-4,8,10,15-16H,1-2,5-7H2. The second kappa shape index (κ2) is 6.30. The van der Waals surface area contributed by atoms with Crippen LogP contribution in [-0.2, 0) is 10.0 Å². The van der Waals surface area contributed by atoms with Gasteiger partial charge in [0.2, 0.25) is 10.0 Å². The minimum atomic E-state index is -3.59. The van der Waals surface area contributed by atoms with Crippen molar-refractivity contribution in [2.24, 2.45) is 0 Å². The molecule has 2 rings (SSSR count). The molecule has 7 heteroatoms. The van der Waals surface area contributed by atoms with Crippen molar-refractivity contribution in [2.45, 2.75) is 30.2 Å². The predicted octanol–water partition coefficient (Wildman–Crippen LogP) is 2.01. The summed E-state index contributed by atoms with van der Waals surface area (Å²) in [5.41, 5.74) is 0. The summed E-state index contributed by atoms with van der Waals surface area (Å²) in [5, 5.41) is 3.31. The van der Waals surface area contributed by atoms with Gasteiger partial charge in [0.1, 0.15) is 5.82 Å². The Kier molecular flexibility index (Phi) is 4.94. The molecule has 0 radical (unpaired) electrons. The molecule has 1 aromatic carbocycles. The third kappa shape index (κ3) is 3.98. The molecule has 1 fully saturated rings. The highest BCUT2D eigenvalue weighted by atomic mass is 79.9. The number of nitrogens with one attached hydrogen (secondary N) is 2. The maximum absolute atomic E-state index is 12.9. The van der Waals surface area contributed by atoms with Gasteiger partial charge in [-0.25, -0.2) is 17.5 Å². The van der Waals surface area contributed by atoms with Gasteiger partial charge in [0.25, 0.3) is 0 Å². The molecule has 106 valence electrons. The lowest BCUT2D eigenvalue weighted by Gasteiger charge is -2.12. The van der Waals surface area contributed by atoms with Crippen LogP contribution in [0.4, 0.5) is 4.39 Å². The highest BCUT2D eigenvalue weighted by Crippen LogP contribution is 2.22. The van der Waals surface area contributed by atoms with Gasteiger partial charge < -0.3 is 5.32 Å². The van der Waals surface area contributed by atoms with Gasteiger partial charge in [-0.05, 0) is 59.9 Å². The average molecular weight is 351 g/mol. The Bertz CT molecular complexity index is 545. The lowest BCUT2D eigenvalue weighted by molar-refractivity contribution is 0.539. The van der Waals surface area contributed by atoms with E-state index in [1.165, 1.54) is 6.07 Å². The molecule has 1 aliphatic rings. The Hall–Kier alpha value is -0.500. The van der Waals surface area contributed by atoms with Crippen molar-refractivity contribution in [3.8, 4) is 0 Å². The Balaban J connectivity index is 1.97. The van der Waals surface area contributed by atoms with Crippen molar-refractivity contribution >= 4 is 26.0 Å². The van der Waals surface area contributed by atoms with Crippen LogP contribution in [-0.4, -0.2) is 27.5 Å². The molecule has 0 amide bonds. The largest absolute Gasteiger partial charge is 0.314 e. The van der Waals surface area contributed by atoms with Gasteiger partial charge in [-0.1, -0.05) is 0 Å². The maximum Gasteiger partial charge on any atom is 0.241 e. The monoisotopic (exact) mass is 350 g/mol. The lowest BCUT2D eigenvalue weighted by atomic mass is 10.2. The first-order valence-corrected chi connectivity index (χ1v) is 8.45. The SMILES string of the molecule is O=S(=O)(NCCC1CCCN1)c1ccc(F)cc1Br. The molecule has 2 N–H and O–H groups in total. The van der Waals surface area contributed by atoms with E-state index in [9.17, 15) is 12.8 Å². The number of halogens is 2. The fraction of sp³-hybridized carbons (Fsp3) is 0.500. The molecule has 1 aromatic rings. The van der Waals surface area contributed by atoms with Crippen LogP contribution >= 0.6 is 15.9 Å². The van der Waals surface area contributed by atoms with E-state index in [1.54, 1.807) is 0 Å². The Morgan fingerprint density at radius 1 is 1.47 bits per heavy atom. The Morgan fingerprint density at radius 2 is 2.26 bits per heavy atom. The second-order valence-corrected chi connectivity index (χ2v) is 7.14. The van der Waals surface area contributed by atoms with E-state index < -0.39 is 15.8 Å². The van der Waals surface area contributed by atoms with Gasteiger partial charge in [0.05, 0.1) is 4.90 Å². The summed E-state index contributed by atoms with van der Waals surface area (Å²) < 4.78 is 39.8. The van der Waals surface area contributed by atoms with E-state index in [-0.39, 0.29) is 9.37 Å². The van der Waals surface area contributed by atoms with Crippen LogP contribution in [0.15, 0.2) is 27.6 Å². The number of hydrogen-bond donors (Lipinski definition) is 2. The summed E-state index contributed by atoms with van der Waals surface area (Å²) in [7, 11) is -3.59. The zero-order valence-electron chi connectivity index (χ0n) is 10.3. The number of rotatable bonds is 5. The van der Waals surface area contributed by atoms with E-state index in [0.717, 1.165) is 37.9 Å². The maximum atomic E-state index is 12.9. The van der Waals surface area contributed by atoms with Crippen molar-refractivity contribution < 1.29 is 12.8 Å². The Morgan fingerprint density at radius 3 is 2.89 bits per heavy atom. The second-order valence-electron chi connectivity index (χ2n) is 4.55. The van der Waals surface area contributed by atoms with Crippen LogP contribution in [0.5, 0.6) is 0 Å². The van der Waals surface area contributed by atoms with Gasteiger partial charge in [-0.15, -0.1) is 0 Å². The molecule has 1 aliphatic heterocycles. The van der Waals surface area contributed by atoms with Crippen molar-refractivity contribution in [2.75, 3.05) is 13.1 Å². The van der Waals surface area contributed by atoms with Crippen LogP contribution in [0.25, 0.3) is 0 Å². The molecule has 19 heavy (non-hydrogen) atoms. The number of benzene rings is 1. The third-order valence-corrected chi connectivity index (χ3v) is 5.57. The van der Waals surface area contributed by atoms with Gasteiger partial charge in [-0.2, -0.15) is 0 Å². The van der Waals surface area contributed by atoms with Crippen LogP contribution in [0.1, 0.15) is 19.3 Å². The van der Waals surface area contributed by atoms with Gasteiger partial charge in [0, 0.05) is 17.1 Å². The zero-order chi connectivity index (χ0) is 13.9. The Labute approximate surface area is 121 Å². The quantitative estimate of drug-likeness (QED) is 0.853. The number of hydrogen-bond acceptors (Lipinski definition) is 3. The average Bonchev–Trinajstić information content (AvgIpc) is 2.81. The van der Waals surface area contributed by atoms with Crippen molar-refractivity contribution in [3.05, 3.63) is 28.5 Å². The summed E-state index contributed by atoms with van der Waals surface area (Å²) in [6.07, 6.45) is 2.99. The molecular formula is C12H16BrFN2O2S. The van der Waals surface area contributed by atoms with Crippen LogP contribution < -0.4 is 10.0 Å². The first-order valence-electron chi connectivity index (χ1n) is 6.17. The van der Waals surface area contributed by atoms with Gasteiger partial charge >= 0.3 is 0 Å². The molecule has 0 bridgehead atoms. The van der Waals surface area contributed by atoms with Crippen LogP contribution in [0.2, 0.25) is 0 Å². The molecule has 0 spiro atoms. The minimum Gasteiger partial charge on any atom is -0.314 e. The summed E-state index contributed by atoms with van der Waals surface area (Å²) in [4.78, 5) is 0.0632. The lowest BCUT2D eigenvalue weighted by Crippen LogP contribution is -2.30. The minimum absolute atomic E-state index is 0.0632. The topological polar surface area (TPSA) is 58.2 Å². The number of sulfonamides is 1. The van der Waals surface area contributed by atoms with E-state index in [2.05, 4.69) is 26.0 Å². The molecule has 4 nitrogen and oxygen atoms in total. The first kappa shape index (κ1) is 14.9. The molecule has 1 atom stereocenters. The highest BCUT2D eigenvalue weighted by Gasteiger charge is 2.19. The molecule has 1 saturated heterocycles. The molecular weight excluding hydrogens is 335 g/mol. The summed E-state index contributed by atoms with van der Waals surface area (Å²) >= 11 is 3.07. The fourth-order valence-corrected chi connectivity index (χ4v) is 4.24. The highest BCUT2D eigenvalue weighted by molar-refractivity contribution is 9.10. The molecule has 0 aliphatic carbocycles. The summed E-state index contributed by atoms with van der Waals surface area (Å²) in [5.74, 6) is -0.471.